The highest BCUT2D eigenvalue weighted by atomic mass is 16.4. The van der Waals surface area contributed by atoms with E-state index in [9.17, 15) is 14.4 Å². The lowest BCUT2D eigenvalue weighted by Crippen LogP contribution is -2.37. The smallest absolute Gasteiger partial charge is 0.322 e. The monoisotopic (exact) mass is 314 g/mol. The van der Waals surface area contributed by atoms with E-state index >= 15 is 0 Å². The second-order valence-corrected chi connectivity index (χ2v) is 4.47. The summed E-state index contributed by atoms with van der Waals surface area (Å²) in [5.41, 5.74) is 0.249. The lowest BCUT2D eigenvalue weighted by Gasteiger charge is -2.09. The average Bonchev–Trinajstić information content (AvgIpc) is 3.05. The summed E-state index contributed by atoms with van der Waals surface area (Å²) in [7, 11) is 0. The van der Waals surface area contributed by atoms with Crippen LogP contribution >= 0.6 is 0 Å². The maximum Gasteiger partial charge on any atom is 0.322 e. The number of hydrogen-bond donors (Lipinski definition) is 3. The molecular weight excluding hydrogens is 300 g/mol. The quantitative estimate of drug-likeness (QED) is 0.695. The molecule has 1 aromatic carbocycles. The summed E-state index contributed by atoms with van der Waals surface area (Å²) in [5, 5.41) is 13.3. The van der Waals surface area contributed by atoms with Gasteiger partial charge in [0.15, 0.2) is 0 Å². The molecule has 1 heterocycles. The van der Waals surface area contributed by atoms with Gasteiger partial charge in [-0.2, -0.15) is 0 Å². The van der Waals surface area contributed by atoms with Crippen molar-refractivity contribution in [1.82, 2.24) is 10.6 Å². The molecular formula is C16H14N2O5. The van der Waals surface area contributed by atoms with Gasteiger partial charge in [0.2, 0.25) is 0 Å². The fraction of sp³-hybridized carbons (Fsp3) is 0.0625. The number of nitrogens with one attached hydrogen (secondary N) is 2. The molecule has 23 heavy (non-hydrogen) atoms. The Balaban J connectivity index is 2.18. The van der Waals surface area contributed by atoms with E-state index in [4.69, 9.17) is 9.52 Å². The van der Waals surface area contributed by atoms with Crippen LogP contribution in [0.15, 0.2) is 58.8 Å². The molecule has 0 aliphatic rings. The molecule has 7 heteroatoms. The minimum Gasteiger partial charge on any atom is -0.480 e. The average molecular weight is 314 g/mol. The molecule has 118 valence electrons. The van der Waals surface area contributed by atoms with Crippen LogP contribution in [0, 0.1) is 0 Å². The molecule has 2 rings (SSSR count). The van der Waals surface area contributed by atoms with Gasteiger partial charge in [0, 0.05) is 11.6 Å². The molecule has 0 saturated heterocycles. The van der Waals surface area contributed by atoms with Crippen LogP contribution in [0.2, 0.25) is 0 Å². The van der Waals surface area contributed by atoms with Crippen molar-refractivity contribution in [3.63, 3.8) is 0 Å². The van der Waals surface area contributed by atoms with Crippen LogP contribution in [-0.4, -0.2) is 29.4 Å². The van der Waals surface area contributed by atoms with E-state index in [0.717, 1.165) is 0 Å². The Morgan fingerprint density at radius 3 is 2.43 bits per heavy atom. The van der Waals surface area contributed by atoms with Gasteiger partial charge in [0.1, 0.15) is 18.0 Å². The molecule has 0 atom stereocenters. The topological polar surface area (TPSA) is 109 Å². The Kier molecular flexibility index (Phi) is 5.30. The van der Waals surface area contributed by atoms with Crippen molar-refractivity contribution in [3.05, 3.63) is 65.7 Å². The van der Waals surface area contributed by atoms with E-state index < -0.39 is 24.3 Å². The van der Waals surface area contributed by atoms with Gasteiger partial charge < -0.3 is 20.2 Å². The van der Waals surface area contributed by atoms with E-state index in [1.54, 1.807) is 42.5 Å². The lowest BCUT2D eigenvalue weighted by atomic mass is 10.2. The van der Waals surface area contributed by atoms with Gasteiger partial charge >= 0.3 is 5.97 Å². The van der Waals surface area contributed by atoms with Crippen LogP contribution in [0.1, 0.15) is 16.1 Å². The van der Waals surface area contributed by atoms with Crippen molar-refractivity contribution in [3.8, 4) is 0 Å². The molecule has 0 spiro atoms. The fourth-order valence-corrected chi connectivity index (χ4v) is 1.71. The number of carboxylic acid groups (broad SMARTS) is 1. The molecule has 0 saturated carbocycles. The summed E-state index contributed by atoms with van der Waals surface area (Å²) in [5.74, 6) is -2.06. The maximum absolute atomic E-state index is 12.1. The highest BCUT2D eigenvalue weighted by Gasteiger charge is 2.15. The zero-order chi connectivity index (χ0) is 16.7. The summed E-state index contributed by atoms with van der Waals surface area (Å²) in [6, 6.07) is 11.5. The Morgan fingerprint density at radius 1 is 1.09 bits per heavy atom. The number of carboxylic acids is 1. The van der Waals surface area contributed by atoms with E-state index in [2.05, 4.69) is 10.6 Å². The molecule has 0 radical (unpaired) electrons. The fourth-order valence-electron chi connectivity index (χ4n) is 1.71. The molecule has 0 unspecified atom stereocenters. The molecule has 0 fully saturated rings. The number of aliphatic carboxylic acids is 1. The predicted molar refractivity (Wildman–Crippen MR) is 81.2 cm³/mol. The number of hydrogen-bond acceptors (Lipinski definition) is 4. The van der Waals surface area contributed by atoms with E-state index in [-0.39, 0.29) is 5.70 Å². The summed E-state index contributed by atoms with van der Waals surface area (Å²) < 4.78 is 5.10. The van der Waals surface area contributed by atoms with Gasteiger partial charge in [0.25, 0.3) is 11.8 Å². The molecule has 0 aliphatic carbocycles. The minimum absolute atomic E-state index is 0.116. The van der Waals surface area contributed by atoms with E-state index in [0.29, 0.717) is 11.3 Å². The van der Waals surface area contributed by atoms with Gasteiger partial charge in [0.05, 0.1) is 6.26 Å². The lowest BCUT2D eigenvalue weighted by molar-refractivity contribution is -0.137. The van der Waals surface area contributed by atoms with Gasteiger partial charge in [-0.3, -0.25) is 14.4 Å². The molecule has 0 bridgehead atoms. The molecule has 2 amide bonds. The summed E-state index contributed by atoms with van der Waals surface area (Å²) in [4.78, 5) is 34.7. The zero-order valence-corrected chi connectivity index (χ0v) is 12.0. The molecule has 7 nitrogen and oxygen atoms in total. The highest BCUT2D eigenvalue weighted by Crippen LogP contribution is 2.07. The van der Waals surface area contributed by atoms with Crippen molar-refractivity contribution in [2.24, 2.45) is 0 Å². The van der Waals surface area contributed by atoms with Crippen molar-refractivity contribution in [2.45, 2.75) is 0 Å². The zero-order valence-electron chi connectivity index (χ0n) is 12.0. The van der Waals surface area contributed by atoms with Crippen molar-refractivity contribution >= 4 is 23.9 Å². The van der Waals surface area contributed by atoms with Crippen LogP contribution in [0.25, 0.3) is 6.08 Å². The first kappa shape index (κ1) is 16.0. The minimum atomic E-state index is -1.19. The number of furan rings is 1. The van der Waals surface area contributed by atoms with Crippen LogP contribution in [-0.2, 0) is 9.59 Å². The Morgan fingerprint density at radius 2 is 1.83 bits per heavy atom. The Labute approximate surface area is 131 Å². The van der Waals surface area contributed by atoms with Crippen LogP contribution < -0.4 is 10.6 Å². The number of amides is 2. The van der Waals surface area contributed by atoms with Crippen molar-refractivity contribution in [2.75, 3.05) is 6.54 Å². The summed E-state index contributed by atoms with van der Waals surface area (Å²) >= 11 is 0. The highest BCUT2D eigenvalue weighted by molar-refractivity contribution is 6.05. The first-order chi connectivity index (χ1) is 11.1. The van der Waals surface area contributed by atoms with E-state index in [1.807, 2.05) is 0 Å². The largest absolute Gasteiger partial charge is 0.480 e. The molecule has 2 aromatic rings. The van der Waals surface area contributed by atoms with Gasteiger partial charge in [-0.05, 0) is 24.3 Å². The second kappa shape index (κ2) is 7.60. The van der Waals surface area contributed by atoms with Crippen LogP contribution in [0.5, 0.6) is 0 Å². The second-order valence-electron chi connectivity index (χ2n) is 4.47. The SMILES string of the molecule is O=C(O)CNC(=O)/C(=C\c1ccco1)NC(=O)c1ccccc1. The predicted octanol–water partition coefficient (Wildman–Crippen LogP) is 1.25. The summed E-state index contributed by atoms with van der Waals surface area (Å²) in [6.07, 6.45) is 2.73. The Hall–Kier alpha value is -3.35. The van der Waals surface area contributed by atoms with Crippen molar-refractivity contribution < 1.29 is 23.9 Å². The Bertz CT molecular complexity index is 720. The van der Waals surface area contributed by atoms with Crippen LogP contribution in [0.4, 0.5) is 0 Å². The first-order valence-electron chi connectivity index (χ1n) is 6.68. The van der Waals surface area contributed by atoms with Gasteiger partial charge in [-0.1, -0.05) is 18.2 Å². The number of carbonyl (C=O) groups excluding carboxylic acids is 2. The standard InChI is InChI=1S/C16H14N2O5/c19-14(20)10-17-16(22)13(9-12-7-4-8-23-12)18-15(21)11-5-2-1-3-6-11/h1-9H,10H2,(H,17,22)(H,18,21)(H,19,20)/b13-9+. The number of benzene rings is 1. The third-order valence-electron chi connectivity index (χ3n) is 2.76. The summed E-state index contributed by atoms with van der Waals surface area (Å²) in [6.45, 7) is -0.560. The molecule has 3 N–H and O–H groups in total. The van der Waals surface area contributed by atoms with Crippen LogP contribution in [0.3, 0.4) is 0 Å². The molecule has 0 aliphatic heterocycles. The maximum atomic E-state index is 12.1. The molecule has 1 aromatic heterocycles. The van der Waals surface area contributed by atoms with Gasteiger partial charge in [-0.15, -0.1) is 0 Å². The van der Waals surface area contributed by atoms with Crippen molar-refractivity contribution in [1.29, 1.82) is 0 Å². The normalized spacial score (nSPS) is 10.9. The third kappa shape index (κ3) is 4.85. The first-order valence-corrected chi connectivity index (χ1v) is 6.68. The number of carbonyl (C=O) groups is 3. The van der Waals surface area contributed by atoms with Gasteiger partial charge in [-0.25, -0.2) is 0 Å². The third-order valence-corrected chi connectivity index (χ3v) is 2.76. The van der Waals surface area contributed by atoms with E-state index in [1.165, 1.54) is 12.3 Å². The number of rotatable bonds is 6.